The van der Waals surface area contributed by atoms with E-state index in [0.29, 0.717) is 18.4 Å². The minimum atomic E-state index is 0.367. The summed E-state index contributed by atoms with van der Waals surface area (Å²) in [5.74, 6) is 7.02. The van der Waals surface area contributed by atoms with Crippen LogP contribution in [0.2, 0.25) is 0 Å². The Balaban J connectivity index is 2.51. The van der Waals surface area contributed by atoms with E-state index in [2.05, 4.69) is 29.4 Å². The molecule has 1 heterocycles. The van der Waals surface area contributed by atoms with Crippen molar-refractivity contribution in [1.82, 2.24) is 5.53 Å². The van der Waals surface area contributed by atoms with Crippen LogP contribution in [-0.4, -0.2) is 25.5 Å². The average molecular weight is 277 g/mol. The molecule has 0 aliphatic carbocycles. The molecule has 6 nitrogen and oxygen atoms in total. The second-order valence-corrected chi connectivity index (χ2v) is 5.47. The Labute approximate surface area is 119 Å². The van der Waals surface area contributed by atoms with E-state index in [-0.39, 0.29) is 0 Å². The van der Waals surface area contributed by atoms with Gasteiger partial charge in [0.05, 0.1) is 12.2 Å². The van der Waals surface area contributed by atoms with E-state index >= 15 is 0 Å². The number of amidine groups is 1. The second kappa shape index (κ2) is 6.00. The molecule has 1 aliphatic rings. The molecule has 5 N–H and O–H groups in total. The lowest BCUT2D eigenvalue weighted by Crippen LogP contribution is -2.37. The molecule has 0 saturated heterocycles. The van der Waals surface area contributed by atoms with Crippen LogP contribution in [0, 0.1) is 12.8 Å². The average Bonchev–Trinajstić information content (AvgIpc) is 2.37. The molecule has 0 unspecified atom stereocenters. The summed E-state index contributed by atoms with van der Waals surface area (Å²) < 4.78 is 5.78. The van der Waals surface area contributed by atoms with Gasteiger partial charge in [-0.3, -0.25) is 0 Å². The lowest BCUT2D eigenvalue weighted by molar-refractivity contribution is 0.304. The van der Waals surface area contributed by atoms with Crippen molar-refractivity contribution in [2.24, 2.45) is 22.6 Å². The van der Waals surface area contributed by atoms with Crippen LogP contribution in [-0.2, 0) is 0 Å². The van der Waals surface area contributed by atoms with Gasteiger partial charge in [0.1, 0.15) is 12.4 Å². The molecule has 0 aromatic heterocycles. The van der Waals surface area contributed by atoms with E-state index in [1.165, 1.54) is 0 Å². The van der Waals surface area contributed by atoms with Gasteiger partial charge in [0.25, 0.3) is 0 Å². The molecule has 0 fully saturated rings. The van der Waals surface area contributed by atoms with Crippen LogP contribution in [0.5, 0.6) is 5.75 Å². The standard InChI is InChI=1S/C14H23N5O/c1-9(2)8-19-4-5-20-12-7-10(3)6-11(13(12)19)14(15)17-18-16/h6-7,9,18H,4-5,8,16H2,1-3H3,(H2,15,17). The van der Waals surface area contributed by atoms with Crippen molar-refractivity contribution in [2.75, 3.05) is 24.6 Å². The van der Waals surface area contributed by atoms with E-state index in [4.69, 9.17) is 16.3 Å². The highest BCUT2D eigenvalue weighted by Gasteiger charge is 2.24. The Morgan fingerprint density at radius 3 is 2.90 bits per heavy atom. The van der Waals surface area contributed by atoms with Crippen LogP contribution >= 0.6 is 0 Å². The number of fused-ring (bicyclic) bond motifs is 1. The zero-order valence-electron chi connectivity index (χ0n) is 12.3. The van der Waals surface area contributed by atoms with E-state index in [1.807, 2.05) is 19.1 Å². The highest BCUT2D eigenvalue weighted by molar-refractivity contribution is 6.04. The van der Waals surface area contributed by atoms with Gasteiger partial charge in [-0.1, -0.05) is 13.8 Å². The number of hydrogen-bond acceptors (Lipinski definition) is 5. The fraction of sp³-hybridized carbons (Fsp3) is 0.500. The highest BCUT2D eigenvalue weighted by Crippen LogP contribution is 2.36. The molecular weight excluding hydrogens is 254 g/mol. The molecule has 2 rings (SSSR count). The highest BCUT2D eigenvalue weighted by atomic mass is 16.5. The number of nitrogens with one attached hydrogen (secondary N) is 1. The normalized spacial score (nSPS) is 15.1. The molecule has 20 heavy (non-hydrogen) atoms. The number of ether oxygens (including phenoxy) is 1. The third-order valence-corrected chi connectivity index (χ3v) is 3.20. The first kappa shape index (κ1) is 14.5. The molecular formula is C14H23N5O. The lowest BCUT2D eigenvalue weighted by atomic mass is 10.0. The Morgan fingerprint density at radius 1 is 1.50 bits per heavy atom. The SMILES string of the molecule is Cc1cc2c(c(/C(N)=N/NN)c1)N(CC(C)C)CCO2. The lowest BCUT2D eigenvalue weighted by Gasteiger charge is -2.34. The molecule has 0 bridgehead atoms. The maximum Gasteiger partial charge on any atom is 0.154 e. The maximum atomic E-state index is 6.02. The summed E-state index contributed by atoms with van der Waals surface area (Å²) in [5, 5.41) is 3.90. The number of rotatable bonds is 4. The fourth-order valence-corrected chi connectivity index (χ4v) is 2.51. The van der Waals surface area contributed by atoms with Crippen molar-refractivity contribution < 1.29 is 4.74 Å². The third kappa shape index (κ3) is 2.96. The van der Waals surface area contributed by atoms with Crippen molar-refractivity contribution in [3.05, 3.63) is 23.3 Å². The van der Waals surface area contributed by atoms with Crippen molar-refractivity contribution in [3.8, 4) is 5.75 Å². The van der Waals surface area contributed by atoms with Gasteiger partial charge in [-0.15, -0.1) is 5.10 Å². The van der Waals surface area contributed by atoms with Gasteiger partial charge >= 0.3 is 0 Å². The van der Waals surface area contributed by atoms with Gasteiger partial charge in [-0.2, -0.15) is 0 Å². The summed E-state index contributed by atoms with van der Waals surface area (Å²) in [5.41, 5.74) is 11.2. The molecule has 1 aliphatic heterocycles. The van der Waals surface area contributed by atoms with Crippen LogP contribution in [0.4, 0.5) is 5.69 Å². The van der Waals surface area contributed by atoms with Crippen molar-refractivity contribution in [1.29, 1.82) is 0 Å². The molecule has 1 aromatic carbocycles. The van der Waals surface area contributed by atoms with Gasteiger partial charge in [-0.05, 0) is 30.5 Å². The number of nitrogens with zero attached hydrogens (tertiary/aromatic N) is 2. The van der Waals surface area contributed by atoms with Gasteiger partial charge in [0.2, 0.25) is 0 Å². The largest absolute Gasteiger partial charge is 0.490 e. The Kier molecular flexibility index (Phi) is 4.34. The summed E-state index contributed by atoms with van der Waals surface area (Å²) in [7, 11) is 0. The number of hydrazine groups is 1. The first-order valence-electron chi connectivity index (χ1n) is 6.84. The van der Waals surface area contributed by atoms with E-state index in [9.17, 15) is 0 Å². The quantitative estimate of drug-likeness (QED) is 0.330. The zero-order chi connectivity index (χ0) is 14.7. The first-order chi connectivity index (χ1) is 9.52. The molecule has 110 valence electrons. The van der Waals surface area contributed by atoms with Crippen LogP contribution in [0.15, 0.2) is 17.2 Å². The first-order valence-corrected chi connectivity index (χ1v) is 6.84. The molecule has 1 aromatic rings. The molecule has 0 amide bonds. The zero-order valence-corrected chi connectivity index (χ0v) is 12.3. The van der Waals surface area contributed by atoms with Crippen molar-refractivity contribution >= 4 is 11.5 Å². The van der Waals surface area contributed by atoms with Crippen molar-refractivity contribution in [3.63, 3.8) is 0 Å². The fourth-order valence-electron chi connectivity index (χ4n) is 2.51. The number of hydrogen-bond donors (Lipinski definition) is 3. The minimum absolute atomic E-state index is 0.367. The predicted molar refractivity (Wildman–Crippen MR) is 81.8 cm³/mol. The van der Waals surface area contributed by atoms with Crippen LogP contribution < -0.4 is 26.7 Å². The number of nitrogens with two attached hydrogens (primary N) is 2. The topological polar surface area (TPSA) is 88.9 Å². The smallest absolute Gasteiger partial charge is 0.154 e. The van der Waals surface area contributed by atoms with Crippen LogP contribution in [0.25, 0.3) is 0 Å². The van der Waals surface area contributed by atoms with Gasteiger partial charge in [0, 0.05) is 12.1 Å². The van der Waals surface area contributed by atoms with Crippen LogP contribution in [0.1, 0.15) is 25.0 Å². The number of anilines is 1. The molecule has 0 radical (unpaired) electrons. The van der Waals surface area contributed by atoms with Crippen molar-refractivity contribution in [2.45, 2.75) is 20.8 Å². The summed E-state index contributed by atoms with van der Waals surface area (Å²) in [6.07, 6.45) is 0. The van der Waals surface area contributed by atoms with Crippen LogP contribution in [0.3, 0.4) is 0 Å². The van der Waals surface area contributed by atoms with Gasteiger partial charge < -0.3 is 15.4 Å². The molecule has 0 saturated carbocycles. The summed E-state index contributed by atoms with van der Waals surface area (Å²) >= 11 is 0. The Morgan fingerprint density at radius 2 is 2.25 bits per heavy atom. The van der Waals surface area contributed by atoms with E-state index < -0.39 is 0 Å². The predicted octanol–water partition coefficient (Wildman–Crippen LogP) is 0.933. The summed E-state index contributed by atoms with van der Waals surface area (Å²) in [6, 6.07) is 4.05. The number of benzene rings is 1. The molecule has 0 spiro atoms. The number of aryl methyl sites for hydroxylation is 1. The monoisotopic (exact) mass is 277 g/mol. The van der Waals surface area contributed by atoms with Gasteiger partial charge in [-0.25, -0.2) is 11.4 Å². The van der Waals surface area contributed by atoms with E-state index in [1.54, 1.807) is 0 Å². The third-order valence-electron chi connectivity index (χ3n) is 3.20. The Hall–Kier alpha value is -1.95. The maximum absolute atomic E-state index is 6.02. The Bertz CT molecular complexity index is 513. The molecule has 0 atom stereocenters. The van der Waals surface area contributed by atoms with E-state index in [0.717, 1.165) is 35.7 Å². The summed E-state index contributed by atoms with van der Waals surface area (Å²) in [6.45, 7) is 8.90. The summed E-state index contributed by atoms with van der Waals surface area (Å²) in [4.78, 5) is 2.30. The second-order valence-electron chi connectivity index (χ2n) is 5.47. The minimum Gasteiger partial charge on any atom is -0.490 e. The molecule has 6 heteroatoms. The van der Waals surface area contributed by atoms with Gasteiger partial charge in [0.15, 0.2) is 5.84 Å². The number of hydrazone groups is 1.